The molecule has 0 aromatic heterocycles. The van der Waals surface area contributed by atoms with Crippen LogP contribution in [0.15, 0.2) is 60.3 Å². The van der Waals surface area contributed by atoms with Gasteiger partial charge in [-0.2, -0.15) is 0 Å². The Morgan fingerprint density at radius 1 is 0.962 bits per heavy atom. The summed E-state index contributed by atoms with van der Waals surface area (Å²) in [6.45, 7) is 4.34. The van der Waals surface area contributed by atoms with Crippen LogP contribution in [0.3, 0.4) is 0 Å². The Morgan fingerprint density at radius 3 is 2.27 bits per heavy atom. The number of nitrogens with zero attached hydrogens (tertiary/aromatic N) is 1. The van der Waals surface area contributed by atoms with Crippen molar-refractivity contribution < 1.29 is 14.3 Å². The van der Waals surface area contributed by atoms with Crippen LogP contribution in [0.2, 0.25) is 0 Å². The van der Waals surface area contributed by atoms with Crippen LogP contribution in [-0.2, 0) is 9.59 Å². The molecule has 1 aliphatic heterocycles. The number of ether oxygens (including phenoxy) is 1. The Hall–Kier alpha value is -3.08. The SMILES string of the molecule is COc1ccccc1NC1=C(c2ccccc2)C(=O)N(CC(C)C)C1=O. The van der Waals surface area contributed by atoms with Gasteiger partial charge in [0.1, 0.15) is 11.4 Å². The summed E-state index contributed by atoms with van der Waals surface area (Å²) in [5, 5.41) is 3.13. The standard InChI is InChI=1S/C21H22N2O3/c1-14(2)13-23-20(24)18(15-9-5-4-6-10-15)19(21(23)25)22-16-11-7-8-12-17(16)26-3/h4-12,14,22H,13H2,1-3H3. The van der Waals surface area contributed by atoms with Gasteiger partial charge >= 0.3 is 0 Å². The Bertz CT molecular complexity index is 857. The first-order chi connectivity index (χ1) is 12.5. The minimum absolute atomic E-state index is 0.186. The van der Waals surface area contributed by atoms with Crippen molar-refractivity contribution in [1.82, 2.24) is 4.90 Å². The molecular formula is C21H22N2O3. The highest BCUT2D eigenvalue weighted by Gasteiger charge is 2.39. The summed E-state index contributed by atoms with van der Waals surface area (Å²) < 4.78 is 5.36. The molecule has 0 saturated carbocycles. The second-order valence-corrected chi connectivity index (χ2v) is 6.56. The molecule has 5 heteroatoms. The van der Waals surface area contributed by atoms with E-state index in [1.807, 2.05) is 62.4 Å². The van der Waals surface area contributed by atoms with Crippen molar-refractivity contribution in [2.24, 2.45) is 5.92 Å². The van der Waals surface area contributed by atoms with E-state index in [1.165, 1.54) is 4.90 Å². The summed E-state index contributed by atoms with van der Waals surface area (Å²) in [5.74, 6) is 0.210. The number of methoxy groups -OCH3 is 1. The molecule has 26 heavy (non-hydrogen) atoms. The molecule has 1 N–H and O–H groups in total. The van der Waals surface area contributed by atoms with Crippen LogP contribution in [0.4, 0.5) is 5.69 Å². The number of hydrogen-bond acceptors (Lipinski definition) is 4. The van der Waals surface area contributed by atoms with Gasteiger partial charge in [0.25, 0.3) is 11.8 Å². The van der Waals surface area contributed by atoms with Crippen molar-refractivity contribution in [3.8, 4) is 5.75 Å². The zero-order chi connectivity index (χ0) is 18.7. The molecule has 0 unspecified atom stereocenters. The third kappa shape index (κ3) is 3.33. The fourth-order valence-electron chi connectivity index (χ4n) is 2.98. The normalized spacial score (nSPS) is 14.4. The molecule has 1 heterocycles. The maximum absolute atomic E-state index is 13.0. The van der Waals surface area contributed by atoms with Crippen LogP contribution < -0.4 is 10.1 Å². The average molecular weight is 350 g/mol. The largest absolute Gasteiger partial charge is 0.495 e. The van der Waals surface area contributed by atoms with Crippen LogP contribution >= 0.6 is 0 Å². The summed E-state index contributed by atoms with van der Waals surface area (Å²) in [6, 6.07) is 16.6. The summed E-state index contributed by atoms with van der Waals surface area (Å²) in [7, 11) is 1.57. The van der Waals surface area contributed by atoms with Gasteiger partial charge in [-0.25, -0.2) is 0 Å². The highest BCUT2D eigenvalue weighted by atomic mass is 16.5. The van der Waals surface area contributed by atoms with Gasteiger partial charge in [-0.1, -0.05) is 56.3 Å². The van der Waals surface area contributed by atoms with Crippen LogP contribution in [0.5, 0.6) is 5.75 Å². The van der Waals surface area contributed by atoms with Crippen molar-refractivity contribution in [3.05, 3.63) is 65.9 Å². The molecule has 0 radical (unpaired) electrons. The number of imide groups is 1. The predicted molar refractivity (Wildman–Crippen MR) is 102 cm³/mol. The number of amides is 2. The molecular weight excluding hydrogens is 328 g/mol. The number of rotatable bonds is 6. The zero-order valence-electron chi connectivity index (χ0n) is 15.2. The Labute approximate surface area is 153 Å². The van der Waals surface area contributed by atoms with E-state index in [4.69, 9.17) is 4.74 Å². The van der Waals surface area contributed by atoms with Crippen molar-refractivity contribution in [2.75, 3.05) is 19.0 Å². The van der Waals surface area contributed by atoms with Gasteiger partial charge in [0.05, 0.1) is 18.4 Å². The number of benzene rings is 2. The minimum atomic E-state index is -0.312. The van der Waals surface area contributed by atoms with Gasteiger partial charge in [0, 0.05) is 6.54 Å². The van der Waals surface area contributed by atoms with Crippen LogP contribution in [0, 0.1) is 5.92 Å². The van der Waals surface area contributed by atoms with E-state index < -0.39 is 0 Å². The van der Waals surface area contributed by atoms with Crippen molar-refractivity contribution >= 4 is 23.1 Å². The fourth-order valence-corrected chi connectivity index (χ4v) is 2.98. The second kappa shape index (κ2) is 7.44. The first-order valence-corrected chi connectivity index (χ1v) is 8.59. The third-order valence-electron chi connectivity index (χ3n) is 4.14. The fraction of sp³-hybridized carbons (Fsp3) is 0.238. The van der Waals surface area contributed by atoms with Crippen molar-refractivity contribution in [3.63, 3.8) is 0 Å². The predicted octanol–water partition coefficient (Wildman–Crippen LogP) is 3.54. The first kappa shape index (κ1) is 17.7. The van der Waals surface area contributed by atoms with E-state index in [2.05, 4.69) is 5.32 Å². The van der Waals surface area contributed by atoms with Crippen molar-refractivity contribution in [2.45, 2.75) is 13.8 Å². The number of carbonyl (C=O) groups is 2. The summed E-state index contributed by atoms with van der Waals surface area (Å²) >= 11 is 0. The molecule has 0 bridgehead atoms. The molecule has 3 rings (SSSR count). The number of nitrogens with one attached hydrogen (secondary N) is 1. The van der Waals surface area contributed by atoms with E-state index in [1.54, 1.807) is 13.2 Å². The van der Waals surface area contributed by atoms with Crippen LogP contribution in [-0.4, -0.2) is 30.4 Å². The lowest BCUT2D eigenvalue weighted by atomic mass is 10.0. The van der Waals surface area contributed by atoms with Gasteiger partial charge < -0.3 is 10.1 Å². The molecule has 2 aromatic rings. The third-order valence-corrected chi connectivity index (χ3v) is 4.14. The molecule has 0 saturated heterocycles. The van der Waals surface area contributed by atoms with Gasteiger partial charge in [-0.15, -0.1) is 0 Å². The Kier molecular flexibility index (Phi) is 5.07. The second-order valence-electron chi connectivity index (χ2n) is 6.56. The number of para-hydroxylation sites is 2. The van der Waals surface area contributed by atoms with Gasteiger partial charge in [-0.3, -0.25) is 14.5 Å². The lowest BCUT2D eigenvalue weighted by Crippen LogP contribution is -2.35. The maximum Gasteiger partial charge on any atom is 0.278 e. The van der Waals surface area contributed by atoms with Crippen LogP contribution in [0.1, 0.15) is 19.4 Å². The molecule has 0 aliphatic carbocycles. The molecule has 134 valence electrons. The lowest BCUT2D eigenvalue weighted by Gasteiger charge is -2.17. The van der Waals surface area contributed by atoms with Crippen LogP contribution in [0.25, 0.3) is 5.57 Å². The molecule has 5 nitrogen and oxygen atoms in total. The first-order valence-electron chi connectivity index (χ1n) is 8.59. The Balaban J connectivity index is 2.07. The van der Waals surface area contributed by atoms with E-state index in [0.29, 0.717) is 23.6 Å². The zero-order valence-corrected chi connectivity index (χ0v) is 15.2. The maximum atomic E-state index is 13.0. The summed E-state index contributed by atoms with van der Waals surface area (Å²) in [5.41, 5.74) is 2.04. The highest BCUT2D eigenvalue weighted by molar-refractivity contribution is 6.36. The van der Waals surface area contributed by atoms with Gasteiger partial charge in [0.15, 0.2) is 0 Å². The van der Waals surface area contributed by atoms with E-state index in [0.717, 1.165) is 5.56 Å². The molecule has 2 aromatic carbocycles. The number of anilines is 1. The number of carbonyl (C=O) groups excluding carboxylic acids is 2. The monoisotopic (exact) mass is 350 g/mol. The van der Waals surface area contributed by atoms with E-state index in [-0.39, 0.29) is 23.4 Å². The molecule has 0 spiro atoms. The summed E-state index contributed by atoms with van der Waals surface area (Å²) in [4.78, 5) is 27.3. The highest BCUT2D eigenvalue weighted by Crippen LogP contribution is 2.33. The topological polar surface area (TPSA) is 58.6 Å². The molecule has 0 atom stereocenters. The molecule has 0 fully saturated rings. The molecule has 1 aliphatic rings. The average Bonchev–Trinajstić information content (AvgIpc) is 2.87. The molecule has 2 amide bonds. The van der Waals surface area contributed by atoms with E-state index in [9.17, 15) is 9.59 Å². The Morgan fingerprint density at radius 2 is 1.62 bits per heavy atom. The smallest absolute Gasteiger partial charge is 0.278 e. The number of hydrogen-bond donors (Lipinski definition) is 1. The summed E-state index contributed by atoms with van der Waals surface area (Å²) in [6.07, 6.45) is 0. The van der Waals surface area contributed by atoms with Gasteiger partial charge in [-0.05, 0) is 23.6 Å². The minimum Gasteiger partial charge on any atom is -0.495 e. The van der Waals surface area contributed by atoms with E-state index >= 15 is 0 Å². The van der Waals surface area contributed by atoms with Crippen molar-refractivity contribution in [1.29, 1.82) is 0 Å². The quantitative estimate of drug-likeness (QED) is 0.810. The van der Waals surface area contributed by atoms with Gasteiger partial charge in [0.2, 0.25) is 0 Å². The lowest BCUT2D eigenvalue weighted by molar-refractivity contribution is -0.137.